The van der Waals surface area contributed by atoms with E-state index in [1.165, 1.54) is 12.8 Å². The molecule has 1 heterocycles. The highest BCUT2D eigenvalue weighted by Gasteiger charge is 2.27. The van der Waals surface area contributed by atoms with Crippen molar-refractivity contribution in [2.75, 3.05) is 30.5 Å². The van der Waals surface area contributed by atoms with E-state index in [-0.39, 0.29) is 17.9 Å². The first-order valence-corrected chi connectivity index (χ1v) is 7.93. The Morgan fingerprint density at radius 1 is 1.42 bits per heavy atom. The summed E-state index contributed by atoms with van der Waals surface area (Å²) < 4.78 is 0. The third-order valence-electron chi connectivity index (χ3n) is 3.36. The fraction of sp³-hybridized carbons (Fsp3) is 0.692. The van der Waals surface area contributed by atoms with Crippen LogP contribution >= 0.6 is 11.8 Å². The van der Waals surface area contributed by atoms with Gasteiger partial charge in [0.05, 0.1) is 6.61 Å². The van der Waals surface area contributed by atoms with Gasteiger partial charge in [0.25, 0.3) is 0 Å². The van der Waals surface area contributed by atoms with Crippen LogP contribution in [0, 0.1) is 0 Å². The van der Waals surface area contributed by atoms with Gasteiger partial charge in [-0.3, -0.25) is 0 Å². The van der Waals surface area contributed by atoms with E-state index in [1.54, 1.807) is 11.8 Å². The van der Waals surface area contributed by atoms with Crippen LogP contribution in [0.1, 0.15) is 31.5 Å². The fourth-order valence-corrected chi connectivity index (χ4v) is 2.58. The van der Waals surface area contributed by atoms with E-state index in [0.717, 1.165) is 17.5 Å². The summed E-state index contributed by atoms with van der Waals surface area (Å²) in [6.07, 6.45) is 4.38. The summed E-state index contributed by atoms with van der Waals surface area (Å²) in [5, 5.41) is 15.9. The Labute approximate surface area is 118 Å². The van der Waals surface area contributed by atoms with Gasteiger partial charge in [-0.2, -0.15) is 11.8 Å². The molecule has 0 amide bonds. The zero-order valence-corrected chi connectivity index (χ0v) is 12.5. The molecular formula is C13H22N4OS. The van der Waals surface area contributed by atoms with Crippen LogP contribution in [0.4, 0.5) is 11.6 Å². The highest BCUT2D eigenvalue weighted by Crippen LogP contribution is 2.38. The average Bonchev–Trinajstić information content (AvgIpc) is 3.24. The van der Waals surface area contributed by atoms with Crippen molar-refractivity contribution < 1.29 is 5.11 Å². The van der Waals surface area contributed by atoms with Gasteiger partial charge in [-0.1, -0.05) is 0 Å². The third-order valence-corrected chi connectivity index (χ3v) is 4.52. The van der Waals surface area contributed by atoms with Crippen LogP contribution in [0.5, 0.6) is 0 Å². The second kappa shape index (κ2) is 6.43. The molecule has 19 heavy (non-hydrogen) atoms. The van der Waals surface area contributed by atoms with E-state index in [1.807, 2.05) is 19.4 Å². The van der Waals surface area contributed by atoms with Crippen LogP contribution in [-0.2, 0) is 0 Å². The Kier molecular flexibility index (Phi) is 4.87. The zero-order valence-electron chi connectivity index (χ0n) is 11.7. The van der Waals surface area contributed by atoms with E-state index in [9.17, 15) is 5.11 Å². The summed E-state index contributed by atoms with van der Waals surface area (Å²) in [4.78, 5) is 9.07. The van der Waals surface area contributed by atoms with Crippen molar-refractivity contribution in [3.8, 4) is 0 Å². The highest BCUT2D eigenvalue weighted by molar-refractivity contribution is 7.99. The molecular weight excluding hydrogens is 260 g/mol. The predicted molar refractivity (Wildman–Crippen MR) is 81.0 cm³/mol. The van der Waals surface area contributed by atoms with Crippen molar-refractivity contribution in [3.05, 3.63) is 11.9 Å². The van der Waals surface area contributed by atoms with Crippen LogP contribution in [0.15, 0.2) is 6.07 Å². The molecule has 0 bridgehead atoms. The lowest BCUT2D eigenvalue weighted by atomic mass is 10.2. The Balaban J connectivity index is 2.12. The molecule has 1 fully saturated rings. The number of nitrogens with zero attached hydrogens (tertiary/aromatic N) is 2. The molecule has 0 saturated heterocycles. The SMILES string of the molecule is CNc1cc(NC(C)C(CO)SC)nc(C2CC2)n1. The number of rotatable bonds is 7. The quantitative estimate of drug-likeness (QED) is 0.710. The summed E-state index contributed by atoms with van der Waals surface area (Å²) in [6, 6.07) is 2.07. The molecule has 0 radical (unpaired) electrons. The topological polar surface area (TPSA) is 70.1 Å². The number of hydrogen-bond acceptors (Lipinski definition) is 6. The maximum atomic E-state index is 9.32. The molecule has 1 saturated carbocycles. The molecule has 1 aromatic rings. The smallest absolute Gasteiger partial charge is 0.136 e. The van der Waals surface area contributed by atoms with Gasteiger partial charge in [0.15, 0.2) is 0 Å². The van der Waals surface area contributed by atoms with Crippen molar-refractivity contribution in [3.63, 3.8) is 0 Å². The van der Waals surface area contributed by atoms with Gasteiger partial charge >= 0.3 is 0 Å². The van der Waals surface area contributed by atoms with Crippen LogP contribution in [0.2, 0.25) is 0 Å². The van der Waals surface area contributed by atoms with Gasteiger partial charge in [0.2, 0.25) is 0 Å². The standard InChI is InChI=1S/C13H22N4OS/c1-8(10(7-18)19-3)15-12-6-11(14-2)16-13(17-12)9-4-5-9/h6,8-10,18H,4-5,7H2,1-3H3,(H2,14,15,16,17). The molecule has 0 spiro atoms. The van der Waals surface area contributed by atoms with E-state index < -0.39 is 0 Å². The van der Waals surface area contributed by atoms with Gasteiger partial charge in [0, 0.05) is 30.3 Å². The fourth-order valence-electron chi connectivity index (χ4n) is 1.95. The van der Waals surface area contributed by atoms with E-state index in [2.05, 4.69) is 27.5 Å². The molecule has 1 aliphatic carbocycles. The zero-order chi connectivity index (χ0) is 13.8. The minimum Gasteiger partial charge on any atom is -0.395 e. The number of aliphatic hydroxyl groups is 1. The van der Waals surface area contributed by atoms with Crippen molar-refractivity contribution in [1.29, 1.82) is 0 Å². The maximum Gasteiger partial charge on any atom is 0.136 e. The minimum absolute atomic E-state index is 0.159. The molecule has 5 nitrogen and oxygen atoms in total. The molecule has 106 valence electrons. The molecule has 3 N–H and O–H groups in total. The lowest BCUT2D eigenvalue weighted by Gasteiger charge is -2.22. The Morgan fingerprint density at radius 2 is 2.11 bits per heavy atom. The van der Waals surface area contributed by atoms with Crippen LogP contribution in [-0.4, -0.2) is 46.3 Å². The van der Waals surface area contributed by atoms with Gasteiger partial charge in [-0.05, 0) is 26.0 Å². The summed E-state index contributed by atoms with van der Waals surface area (Å²) in [6.45, 7) is 2.23. The van der Waals surface area contributed by atoms with Gasteiger partial charge in [0.1, 0.15) is 17.5 Å². The first kappa shape index (κ1) is 14.4. The van der Waals surface area contributed by atoms with Crippen molar-refractivity contribution in [2.45, 2.75) is 37.0 Å². The number of hydrogen-bond donors (Lipinski definition) is 3. The van der Waals surface area contributed by atoms with Crippen LogP contribution in [0.3, 0.4) is 0 Å². The van der Waals surface area contributed by atoms with Gasteiger partial charge in [-0.25, -0.2) is 9.97 Å². The Hall–Kier alpha value is -1.01. The molecule has 6 heteroatoms. The van der Waals surface area contributed by atoms with Gasteiger partial charge < -0.3 is 15.7 Å². The average molecular weight is 282 g/mol. The van der Waals surface area contributed by atoms with Crippen molar-refractivity contribution >= 4 is 23.4 Å². The number of anilines is 2. The molecule has 2 atom stereocenters. The number of nitrogens with one attached hydrogen (secondary N) is 2. The molecule has 0 aliphatic heterocycles. The van der Waals surface area contributed by atoms with Crippen LogP contribution in [0.25, 0.3) is 0 Å². The number of thioether (sulfide) groups is 1. The molecule has 1 aliphatic rings. The number of aliphatic hydroxyl groups excluding tert-OH is 1. The summed E-state index contributed by atoms with van der Waals surface area (Å²) >= 11 is 1.66. The Bertz CT molecular complexity index is 421. The summed E-state index contributed by atoms with van der Waals surface area (Å²) in [7, 11) is 1.87. The second-order valence-corrected chi connectivity index (χ2v) is 5.99. The van der Waals surface area contributed by atoms with E-state index >= 15 is 0 Å². The molecule has 2 rings (SSSR count). The molecule has 1 aromatic heterocycles. The summed E-state index contributed by atoms with van der Waals surface area (Å²) in [5.74, 6) is 3.13. The highest BCUT2D eigenvalue weighted by atomic mass is 32.2. The van der Waals surface area contributed by atoms with Gasteiger partial charge in [-0.15, -0.1) is 0 Å². The third kappa shape index (κ3) is 3.73. The lowest BCUT2D eigenvalue weighted by molar-refractivity contribution is 0.288. The monoisotopic (exact) mass is 282 g/mol. The lowest BCUT2D eigenvalue weighted by Crippen LogP contribution is -2.31. The Morgan fingerprint density at radius 3 is 2.63 bits per heavy atom. The summed E-state index contributed by atoms with van der Waals surface area (Å²) in [5.41, 5.74) is 0. The first-order chi connectivity index (χ1) is 9.17. The van der Waals surface area contributed by atoms with E-state index in [0.29, 0.717) is 5.92 Å². The predicted octanol–water partition coefficient (Wildman–Crippen LogP) is 1.92. The van der Waals surface area contributed by atoms with Crippen molar-refractivity contribution in [2.24, 2.45) is 0 Å². The molecule has 0 aromatic carbocycles. The van der Waals surface area contributed by atoms with Crippen LogP contribution < -0.4 is 10.6 Å². The maximum absolute atomic E-state index is 9.32. The first-order valence-electron chi connectivity index (χ1n) is 6.64. The largest absolute Gasteiger partial charge is 0.395 e. The minimum atomic E-state index is 0.159. The van der Waals surface area contributed by atoms with E-state index in [4.69, 9.17) is 0 Å². The van der Waals surface area contributed by atoms with Crippen molar-refractivity contribution in [1.82, 2.24) is 9.97 Å². The normalized spacial score (nSPS) is 17.9. The second-order valence-electron chi connectivity index (χ2n) is 4.91. The number of aromatic nitrogens is 2. The molecule has 2 unspecified atom stereocenters.